The van der Waals surface area contributed by atoms with Gasteiger partial charge in [0.05, 0.1) is 14.2 Å². The Hall–Kier alpha value is -3.80. The van der Waals surface area contributed by atoms with Gasteiger partial charge in [-0.1, -0.05) is 60.7 Å². The smallest absolute Gasteiger partial charge is 0.243 e. The Bertz CT molecular complexity index is 1180. The molecule has 0 saturated heterocycles. The van der Waals surface area contributed by atoms with Crippen LogP contribution in [0.5, 0.6) is 11.5 Å². The summed E-state index contributed by atoms with van der Waals surface area (Å²) in [5, 5.41) is 3.04. The Kier molecular flexibility index (Phi) is 10.1. The van der Waals surface area contributed by atoms with Gasteiger partial charge in [0.15, 0.2) is 11.5 Å². The van der Waals surface area contributed by atoms with Crippen molar-refractivity contribution in [2.45, 2.75) is 58.7 Å². The number of carbonyl (C=O) groups is 2. The summed E-state index contributed by atoms with van der Waals surface area (Å²) < 4.78 is 10.8. The van der Waals surface area contributed by atoms with Crippen molar-refractivity contribution in [2.75, 3.05) is 14.2 Å². The second kappa shape index (κ2) is 13.5. The van der Waals surface area contributed by atoms with Crippen molar-refractivity contribution in [1.82, 2.24) is 10.2 Å². The van der Waals surface area contributed by atoms with Crippen molar-refractivity contribution in [3.8, 4) is 11.5 Å². The van der Waals surface area contributed by atoms with Crippen LogP contribution in [0, 0.1) is 6.92 Å². The summed E-state index contributed by atoms with van der Waals surface area (Å²) in [5.41, 5.74) is 4.09. The summed E-state index contributed by atoms with van der Waals surface area (Å²) in [6.07, 6.45) is 1.22. The van der Waals surface area contributed by atoms with Crippen molar-refractivity contribution in [3.05, 3.63) is 95.1 Å². The average molecular weight is 503 g/mol. The number of methoxy groups -OCH3 is 2. The van der Waals surface area contributed by atoms with Gasteiger partial charge in [-0.3, -0.25) is 9.59 Å². The van der Waals surface area contributed by atoms with Crippen LogP contribution in [0.1, 0.15) is 42.5 Å². The summed E-state index contributed by atoms with van der Waals surface area (Å²) in [5.74, 6) is 1.05. The fraction of sp³-hybridized carbons (Fsp3) is 0.355. The van der Waals surface area contributed by atoms with Gasteiger partial charge in [-0.05, 0) is 61.6 Å². The zero-order valence-corrected chi connectivity index (χ0v) is 22.5. The van der Waals surface area contributed by atoms with E-state index in [9.17, 15) is 9.59 Å². The highest BCUT2D eigenvalue weighted by Crippen LogP contribution is 2.28. The minimum atomic E-state index is -0.637. The molecule has 0 aromatic heterocycles. The van der Waals surface area contributed by atoms with Crippen LogP contribution in [0.25, 0.3) is 0 Å². The van der Waals surface area contributed by atoms with E-state index in [1.54, 1.807) is 19.1 Å². The molecule has 1 atom stereocenters. The van der Waals surface area contributed by atoms with E-state index in [2.05, 4.69) is 5.32 Å². The lowest BCUT2D eigenvalue weighted by molar-refractivity contribution is -0.141. The normalized spacial score (nSPS) is 11.6. The van der Waals surface area contributed by atoms with Gasteiger partial charge in [0, 0.05) is 25.4 Å². The van der Waals surface area contributed by atoms with E-state index in [1.807, 2.05) is 93.6 Å². The van der Waals surface area contributed by atoms with Gasteiger partial charge in [0.25, 0.3) is 0 Å². The molecule has 3 aromatic rings. The van der Waals surface area contributed by atoms with E-state index in [0.717, 1.165) is 22.3 Å². The van der Waals surface area contributed by atoms with Crippen molar-refractivity contribution >= 4 is 11.8 Å². The standard InChI is InChI=1S/C31H38N2O4/c1-22(2)32-31(35)27(19-24-12-7-6-8-13-24)33(21-26-14-10-9-11-23(26)3)30(34)18-16-25-15-17-28(36-4)29(20-25)37-5/h6-15,17,20,22,27H,16,18-19,21H2,1-5H3,(H,32,35)/t27-/m1/s1. The molecule has 0 spiro atoms. The van der Waals surface area contributed by atoms with Crippen molar-refractivity contribution in [3.63, 3.8) is 0 Å². The summed E-state index contributed by atoms with van der Waals surface area (Å²) in [6, 6.07) is 22.9. The molecular weight excluding hydrogens is 464 g/mol. The second-order valence-corrected chi connectivity index (χ2v) is 9.51. The van der Waals surface area contributed by atoms with Crippen molar-refractivity contribution < 1.29 is 19.1 Å². The van der Waals surface area contributed by atoms with E-state index < -0.39 is 6.04 Å². The van der Waals surface area contributed by atoms with Crippen LogP contribution in [0.3, 0.4) is 0 Å². The molecule has 3 aromatic carbocycles. The average Bonchev–Trinajstić information content (AvgIpc) is 2.90. The molecule has 1 N–H and O–H groups in total. The molecule has 3 rings (SSSR count). The molecule has 2 amide bonds. The lowest BCUT2D eigenvalue weighted by Gasteiger charge is -2.32. The van der Waals surface area contributed by atoms with E-state index in [4.69, 9.17) is 9.47 Å². The number of nitrogens with zero attached hydrogens (tertiary/aromatic N) is 1. The molecule has 0 heterocycles. The molecule has 6 heteroatoms. The molecule has 0 radical (unpaired) electrons. The predicted octanol–water partition coefficient (Wildman–Crippen LogP) is 5.11. The van der Waals surface area contributed by atoms with E-state index in [-0.39, 0.29) is 24.3 Å². The van der Waals surface area contributed by atoms with Crippen LogP contribution < -0.4 is 14.8 Å². The molecule has 0 unspecified atom stereocenters. The highest BCUT2D eigenvalue weighted by atomic mass is 16.5. The maximum absolute atomic E-state index is 13.8. The van der Waals surface area contributed by atoms with Crippen LogP contribution in [0.2, 0.25) is 0 Å². The van der Waals surface area contributed by atoms with Gasteiger partial charge < -0.3 is 19.7 Å². The van der Waals surface area contributed by atoms with Crippen LogP contribution in [-0.2, 0) is 29.0 Å². The summed E-state index contributed by atoms with van der Waals surface area (Å²) in [6.45, 7) is 6.26. The quantitative estimate of drug-likeness (QED) is 0.374. The molecule has 196 valence electrons. The molecule has 0 aliphatic heterocycles. The third-order valence-corrected chi connectivity index (χ3v) is 6.38. The summed E-state index contributed by atoms with van der Waals surface area (Å²) in [7, 11) is 3.19. The molecule has 0 bridgehead atoms. The third kappa shape index (κ3) is 7.84. The predicted molar refractivity (Wildman–Crippen MR) is 147 cm³/mol. The molecular formula is C31H38N2O4. The number of hydrogen-bond donors (Lipinski definition) is 1. The maximum atomic E-state index is 13.8. The highest BCUT2D eigenvalue weighted by Gasteiger charge is 2.30. The van der Waals surface area contributed by atoms with Gasteiger partial charge in [0.2, 0.25) is 11.8 Å². The molecule has 6 nitrogen and oxygen atoms in total. The first-order chi connectivity index (χ1) is 17.8. The highest BCUT2D eigenvalue weighted by molar-refractivity contribution is 5.88. The SMILES string of the molecule is COc1ccc(CCC(=O)N(Cc2ccccc2C)[C@H](Cc2ccccc2)C(=O)NC(C)C)cc1OC. The van der Waals surface area contributed by atoms with E-state index in [0.29, 0.717) is 30.9 Å². The first-order valence-corrected chi connectivity index (χ1v) is 12.7. The summed E-state index contributed by atoms with van der Waals surface area (Å²) >= 11 is 0. The topological polar surface area (TPSA) is 67.9 Å². The lowest BCUT2D eigenvalue weighted by Crippen LogP contribution is -2.51. The Balaban J connectivity index is 1.91. The van der Waals surface area contributed by atoms with Gasteiger partial charge >= 0.3 is 0 Å². The van der Waals surface area contributed by atoms with Crippen LogP contribution >= 0.6 is 0 Å². The minimum absolute atomic E-state index is 0.0343. The lowest BCUT2D eigenvalue weighted by atomic mass is 10.00. The van der Waals surface area contributed by atoms with Crippen LogP contribution in [0.4, 0.5) is 0 Å². The Morgan fingerprint density at radius 2 is 1.54 bits per heavy atom. The van der Waals surface area contributed by atoms with E-state index >= 15 is 0 Å². The zero-order chi connectivity index (χ0) is 26.8. The fourth-order valence-electron chi connectivity index (χ4n) is 4.34. The van der Waals surface area contributed by atoms with Gasteiger partial charge in [-0.25, -0.2) is 0 Å². The molecule has 0 fully saturated rings. The first kappa shape index (κ1) is 27.8. The Morgan fingerprint density at radius 1 is 0.865 bits per heavy atom. The monoisotopic (exact) mass is 502 g/mol. The Labute approximate surface area is 220 Å². The zero-order valence-electron chi connectivity index (χ0n) is 22.5. The summed E-state index contributed by atoms with van der Waals surface area (Å²) in [4.78, 5) is 29.0. The number of amides is 2. The third-order valence-electron chi connectivity index (χ3n) is 6.38. The maximum Gasteiger partial charge on any atom is 0.243 e. The van der Waals surface area contributed by atoms with Gasteiger partial charge in [-0.2, -0.15) is 0 Å². The number of rotatable bonds is 12. The number of aryl methyl sites for hydroxylation is 2. The first-order valence-electron chi connectivity index (χ1n) is 12.7. The molecule has 37 heavy (non-hydrogen) atoms. The molecule has 0 aliphatic carbocycles. The minimum Gasteiger partial charge on any atom is -0.493 e. The van der Waals surface area contributed by atoms with Gasteiger partial charge in [-0.15, -0.1) is 0 Å². The van der Waals surface area contributed by atoms with Crippen LogP contribution in [0.15, 0.2) is 72.8 Å². The van der Waals surface area contributed by atoms with Gasteiger partial charge in [0.1, 0.15) is 6.04 Å². The number of carbonyl (C=O) groups excluding carboxylic acids is 2. The van der Waals surface area contributed by atoms with Crippen molar-refractivity contribution in [2.24, 2.45) is 0 Å². The number of benzene rings is 3. The number of ether oxygens (including phenoxy) is 2. The van der Waals surface area contributed by atoms with Crippen LogP contribution in [-0.4, -0.2) is 43.0 Å². The molecule has 0 aliphatic rings. The van der Waals surface area contributed by atoms with E-state index in [1.165, 1.54) is 0 Å². The number of hydrogen-bond acceptors (Lipinski definition) is 4. The largest absolute Gasteiger partial charge is 0.493 e. The fourth-order valence-corrected chi connectivity index (χ4v) is 4.34. The molecule has 0 saturated carbocycles. The Morgan fingerprint density at radius 3 is 2.19 bits per heavy atom. The van der Waals surface area contributed by atoms with Crippen molar-refractivity contribution in [1.29, 1.82) is 0 Å². The second-order valence-electron chi connectivity index (χ2n) is 9.51. The number of nitrogens with one attached hydrogen (secondary N) is 1.